The van der Waals surface area contributed by atoms with Crippen LogP contribution in [0.25, 0.3) is 0 Å². The lowest BCUT2D eigenvalue weighted by atomic mass is 10.1. The highest BCUT2D eigenvalue weighted by atomic mass is 79.9. The molecule has 0 bridgehead atoms. The Morgan fingerprint density at radius 1 is 1.39 bits per heavy atom. The topological polar surface area (TPSA) is 26.3 Å². The maximum absolute atomic E-state index is 12.0. The fourth-order valence-electron chi connectivity index (χ4n) is 1.58. The van der Waals surface area contributed by atoms with Crippen LogP contribution in [0.2, 0.25) is 0 Å². The maximum Gasteiger partial charge on any atom is 0.324 e. The second-order valence-electron chi connectivity index (χ2n) is 3.85. The number of esters is 1. The van der Waals surface area contributed by atoms with E-state index in [2.05, 4.69) is 22.5 Å². The van der Waals surface area contributed by atoms with E-state index in [9.17, 15) is 4.79 Å². The summed E-state index contributed by atoms with van der Waals surface area (Å²) in [4.78, 5) is 11.5. The Balaban J connectivity index is 2.69. The van der Waals surface area contributed by atoms with Crippen molar-refractivity contribution in [3.05, 3.63) is 60.2 Å². The molecule has 0 fully saturated rings. The third-order valence-electron chi connectivity index (χ3n) is 2.63. The lowest BCUT2D eigenvalue weighted by Gasteiger charge is -2.17. The van der Waals surface area contributed by atoms with Gasteiger partial charge in [0.05, 0.1) is 0 Å². The Hall–Kier alpha value is -1.35. The van der Waals surface area contributed by atoms with Crippen LogP contribution in [-0.4, -0.2) is 12.1 Å². The summed E-state index contributed by atoms with van der Waals surface area (Å²) in [7, 11) is 0. The van der Waals surface area contributed by atoms with Crippen molar-refractivity contribution in [3.63, 3.8) is 0 Å². The zero-order valence-corrected chi connectivity index (χ0v) is 12.2. The molecular formula is C15H17BrO2. The number of benzene rings is 1. The molecule has 2 atom stereocenters. The third-order valence-corrected chi connectivity index (χ3v) is 3.53. The van der Waals surface area contributed by atoms with Crippen LogP contribution in [0.15, 0.2) is 54.6 Å². The summed E-state index contributed by atoms with van der Waals surface area (Å²) in [6.45, 7) is 7.42. The van der Waals surface area contributed by atoms with Crippen LogP contribution >= 0.6 is 15.9 Å². The highest BCUT2D eigenvalue weighted by Gasteiger charge is 2.21. The van der Waals surface area contributed by atoms with Gasteiger partial charge in [0.1, 0.15) is 10.9 Å². The van der Waals surface area contributed by atoms with Gasteiger partial charge in [-0.3, -0.25) is 4.79 Å². The number of carbonyl (C=O) groups excluding carboxylic acids is 1. The molecular weight excluding hydrogens is 292 g/mol. The molecule has 0 N–H and O–H groups in total. The van der Waals surface area contributed by atoms with Gasteiger partial charge >= 0.3 is 5.97 Å². The normalized spacial score (nSPS) is 14.7. The van der Waals surface area contributed by atoms with E-state index in [-0.39, 0.29) is 12.1 Å². The van der Waals surface area contributed by atoms with E-state index in [1.54, 1.807) is 6.08 Å². The fraction of sp³-hybridized carbons (Fsp3) is 0.267. The monoisotopic (exact) mass is 308 g/mol. The Labute approximate surface area is 116 Å². The number of halogens is 1. The molecule has 2 nitrogen and oxygen atoms in total. The molecule has 0 aliphatic carbocycles. The summed E-state index contributed by atoms with van der Waals surface area (Å²) in [5.74, 6) is -0.296. The van der Waals surface area contributed by atoms with E-state index in [1.807, 2.05) is 50.3 Å². The minimum Gasteiger partial charge on any atom is -0.457 e. The molecule has 0 saturated carbocycles. The number of allylic oxidation sites excluding steroid dienone is 1. The summed E-state index contributed by atoms with van der Waals surface area (Å²) in [5.41, 5.74) is 1.78. The number of hydrogen-bond acceptors (Lipinski definition) is 2. The summed E-state index contributed by atoms with van der Waals surface area (Å²) in [6, 6.07) is 9.46. The first-order valence-electron chi connectivity index (χ1n) is 5.78. The smallest absolute Gasteiger partial charge is 0.324 e. The number of alkyl halides is 1. The predicted octanol–water partition coefficient (Wildman–Crippen LogP) is 4.19. The molecule has 0 aromatic heterocycles. The Morgan fingerprint density at radius 3 is 2.50 bits per heavy atom. The first-order valence-corrected chi connectivity index (χ1v) is 6.69. The minimum atomic E-state index is -0.441. The van der Waals surface area contributed by atoms with Crippen molar-refractivity contribution in [2.45, 2.75) is 24.8 Å². The van der Waals surface area contributed by atoms with Gasteiger partial charge in [-0.1, -0.05) is 65.0 Å². The van der Waals surface area contributed by atoms with Gasteiger partial charge in [-0.05, 0) is 25.0 Å². The standard InChI is InChI=1S/C15H17BrO2/c1-4-12(5-2)11(3)18-15(17)14(16)13-9-7-6-8-10-13/h4-11,14H,1H2,2-3H3/b12-5+. The van der Waals surface area contributed by atoms with E-state index in [1.165, 1.54) is 0 Å². The zero-order chi connectivity index (χ0) is 13.5. The van der Waals surface area contributed by atoms with Gasteiger partial charge in [0.2, 0.25) is 0 Å². The van der Waals surface area contributed by atoms with Gasteiger partial charge in [0, 0.05) is 0 Å². The van der Waals surface area contributed by atoms with Gasteiger partial charge < -0.3 is 4.74 Å². The predicted molar refractivity (Wildman–Crippen MR) is 77.6 cm³/mol. The molecule has 0 radical (unpaired) electrons. The first kappa shape index (κ1) is 14.7. The summed E-state index contributed by atoms with van der Waals surface area (Å²) >= 11 is 3.35. The molecule has 2 unspecified atom stereocenters. The first-order chi connectivity index (χ1) is 8.60. The largest absolute Gasteiger partial charge is 0.457 e. The van der Waals surface area contributed by atoms with Gasteiger partial charge in [-0.25, -0.2) is 0 Å². The average molecular weight is 309 g/mol. The lowest BCUT2D eigenvalue weighted by molar-refractivity contribution is -0.145. The highest BCUT2D eigenvalue weighted by molar-refractivity contribution is 9.09. The number of hydrogen-bond donors (Lipinski definition) is 0. The molecule has 0 aliphatic heterocycles. The van der Waals surface area contributed by atoms with Gasteiger partial charge in [-0.15, -0.1) is 0 Å². The maximum atomic E-state index is 12.0. The van der Waals surface area contributed by atoms with E-state index >= 15 is 0 Å². The van der Waals surface area contributed by atoms with E-state index in [0.29, 0.717) is 0 Å². The van der Waals surface area contributed by atoms with Crippen molar-refractivity contribution in [3.8, 4) is 0 Å². The van der Waals surface area contributed by atoms with Crippen LogP contribution in [-0.2, 0) is 9.53 Å². The van der Waals surface area contributed by atoms with Crippen molar-refractivity contribution in [1.29, 1.82) is 0 Å². The van der Waals surface area contributed by atoms with E-state index in [0.717, 1.165) is 11.1 Å². The summed E-state index contributed by atoms with van der Waals surface area (Å²) < 4.78 is 5.39. The number of rotatable bonds is 5. The van der Waals surface area contributed by atoms with Crippen LogP contribution in [0.5, 0.6) is 0 Å². The molecule has 0 saturated heterocycles. The van der Waals surface area contributed by atoms with Crippen LogP contribution in [0.3, 0.4) is 0 Å². The quantitative estimate of drug-likeness (QED) is 0.463. The lowest BCUT2D eigenvalue weighted by Crippen LogP contribution is -2.19. The highest BCUT2D eigenvalue weighted by Crippen LogP contribution is 2.25. The summed E-state index contributed by atoms with van der Waals surface area (Å²) in [5, 5.41) is 0. The average Bonchev–Trinajstić information content (AvgIpc) is 2.40. The second kappa shape index (κ2) is 7.17. The SMILES string of the molecule is C=C/C(=C\C)C(C)OC(=O)C(Br)c1ccccc1. The molecule has 0 amide bonds. The van der Waals surface area contributed by atoms with Gasteiger partial charge in [-0.2, -0.15) is 0 Å². The molecule has 0 heterocycles. The second-order valence-corrected chi connectivity index (χ2v) is 4.76. The van der Waals surface area contributed by atoms with Crippen molar-refractivity contribution in [2.24, 2.45) is 0 Å². The van der Waals surface area contributed by atoms with Crippen LogP contribution < -0.4 is 0 Å². The zero-order valence-electron chi connectivity index (χ0n) is 10.6. The van der Waals surface area contributed by atoms with Crippen LogP contribution in [0, 0.1) is 0 Å². The molecule has 0 spiro atoms. The van der Waals surface area contributed by atoms with Gasteiger partial charge in [0.15, 0.2) is 0 Å². The number of carbonyl (C=O) groups is 1. The molecule has 1 rings (SSSR count). The van der Waals surface area contributed by atoms with Crippen molar-refractivity contribution >= 4 is 21.9 Å². The molecule has 18 heavy (non-hydrogen) atoms. The molecule has 1 aromatic carbocycles. The minimum absolute atomic E-state index is 0.288. The van der Waals surface area contributed by atoms with Crippen molar-refractivity contribution in [2.75, 3.05) is 0 Å². The van der Waals surface area contributed by atoms with E-state index in [4.69, 9.17) is 4.74 Å². The van der Waals surface area contributed by atoms with Crippen molar-refractivity contribution in [1.82, 2.24) is 0 Å². The van der Waals surface area contributed by atoms with Crippen LogP contribution in [0.1, 0.15) is 24.2 Å². The molecule has 96 valence electrons. The Bertz CT molecular complexity index is 437. The van der Waals surface area contributed by atoms with Crippen LogP contribution in [0.4, 0.5) is 0 Å². The number of ether oxygens (including phenoxy) is 1. The van der Waals surface area contributed by atoms with Gasteiger partial charge in [0.25, 0.3) is 0 Å². The molecule has 0 aliphatic rings. The molecule has 3 heteroatoms. The fourth-order valence-corrected chi connectivity index (χ4v) is 1.99. The van der Waals surface area contributed by atoms with E-state index < -0.39 is 4.83 Å². The Morgan fingerprint density at radius 2 is 2.00 bits per heavy atom. The molecule has 1 aromatic rings. The third kappa shape index (κ3) is 3.84. The summed E-state index contributed by atoms with van der Waals surface area (Å²) in [6.07, 6.45) is 3.30. The van der Waals surface area contributed by atoms with Crippen molar-refractivity contribution < 1.29 is 9.53 Å². The Kier molecular flexibility index (Phi) is 5.86.